The summed E-state index contributed by atoms with van der Waals surface area (Å²) in [4.78, 5) is 30.5. The van der Waals surface area contributed by atoms with Crippen molar-refractivity contribution in [3.63, 3.8) is 0 Å². The third kappa shape index (κ3) is 4.96. The molecule has 0 saturated heterocycles. The van der Waals surface area contributed by atoms with Gasteiger partial charge in [0.2, 0.25) is 0 Å². The highest BCUT2D eigenvalue weighted by atomic mass is 17.0. The van der Waals surface area contributed by atoms with E-state index in [4.69, 9.17) is 10.6 Å². The summed E-state index contributed by atoms with van der Waals surface area (Å²) in [5.74, 6) is 0. The van der Waals surface area contributed by atoms with Gasteiger partial charge in [0, 0.05) is 0 Å². The van der Waals surface area contributed by atoms with E-state index in [1.54, 1.807) is 0 Å². The second kappa shape index (κ2) is 7.94. The number of hydrogen-bond acceptors (Lipinski definition) is 7. The van der Waals surface area contributed by atoms with Gasteiger partial charge in [-0.15, -0.1) is 20.2 Å². The van der Waals surface area contributed by atoms with Gasteiger partial charge in [0.15, 0.2) is 0 Å². The summed E-state index contributed by atoms with van der Waals surface area (Å²) in [5.41, 5.74) is 6.06. The van der Waals surface area contributed by atoms with Crippen LogP contribution in [0.25, 0.3) is 0 Å². The zero-order chi connectivity index (χ0) is 19.4. The van der Waals surface area contributed by atoms with Crippen molar-refractivity contribution in [2.45, 2.75) is 77.7 Å². The van der Waals surface area contributed by atoms with Crippen molar-refractivity contribution in [1.82, 2.24) is 0 Å². The predicted octanol–water partition coefficient (Wildman–Crippen LogP) is 3.27. The van der Waals surface area contributed by atoms with E-state index in [0.717, 1.165) is 51.4 Å². The fraction of sp³-hybridized carbons (Fsp3) is 1.00. The lowest BCUT2D eigenvalue weighted by molar-refractivity contribution is -0.790. The molecule has 26 heavy (non-hydrogen) atoms. The van der Waals surface area contributed by atoms with Crippen LogP contribution in [-0.2, 0) is 9.68 Å². The van der Waals surface area contributed by atoms with Gasteiger partial charge in [0.25, 0.3) is 10.2 Å². The molecular formula is C17H31N3O6. The quantitative estimate of drug-likeness (QED) is 0.459. The van der Waals surface area contributed by atoms with Crippen LogP contribution in [0.1, 0.15) is 71.6 Å². The number of hydrogen-bond donors (Lipinski definition) is 1. The maximum atomic E-state index is 10.9. The van der Waals surface area contributed by atoms with Gasteiger partial charge < -0.3 is 15.4 Å². The molecule has 4 atom stereocenters. The first kappa shape index (κ1) is 20.7. The van der Waals surface area contributed by atoms with Crippen LogP contribution in [0, 0.1) is 36.5 Å². The molecule has 2 fully saturated rings. The Morgan fingerprint density at radius 3 is 2.35 bits per heavy atom. The lowest BCUT2D eigenvalue weighted by Gasteiger charge is -2.59. The van der Waals surface area contributed by atoms with Crippen LogP contribution in [0.4, 0.5) is 0 Å². The molecule has 2 rings (SSSR count). The topological polar surface area (TPSA) is 131 Å². The molecule has 0 aromatic heterocycles. The molecule has 2 saturated carbocycles. The molecule has 9 nitrogen and oxygen atoms in total. The van der Waals surface area contributed by atoms with E-state index in [1.165, 1.54) is 0 Å². The summed E-state index contributed by atoms with van der Waals surface area (Å²) in [6.45, 7) is 4.68. The summed E-state index contributed by atoms with van der Waals surface area (Å²) in [7, 11) is 0. The molecule has 0 radical (unpaired) electrons. The Kier molecular flexibility index (Phi) is 6.31. The molecular weight excluding hydrogens is 342 g/mol. The van der Waals surface area contributed by atoms with Crippen molar-refractivity contribution in [1.29, 1.82) is 0 Å². The van der Waals surface area contributed by atoms with Gasteiger partial charge in [-0.05, 0) is 67.7 Å². The molecule has 0 aliphatic heterocycles. The van der Waals surface area contributed by atoms with E-state index in [2.05, 4.69) is 18.7 Å². The van der Waals surface area contributed by atoms with Crippen LogP contribution < -0.4 is 5.73 Å². The maximum Gasteiger partial charge on any atom is 0.294 e. The second-order valence-corrected chi connectivity index (χ2v) is 8.76. The number of rotatable bonds is 10. The minimum absolute atomic E-state index is 0.0898. The molecule has 0 amide bonds. The predicted molar refractivity (Wildman–Crippen MR) is 94.1 cm³/mol. The first-order valence-electron chi connectivity index (χ1n) is 9.44. The standard InChI is InChI=1S/C17H31N3O6/c1-3-16-5-4-6-17(13-16,12-15(2,11-16)7-8-18)9-14(26-20(23)24)10-25-19(21)22/h14H,3-13,18H2,1-2H3. The molecule has 2 aliphatic carbocycles. The Labute approximate surface area is 153 Å². The average molecular weight is 373 g/mol. The molecule has 2 N–H and O–H groups in total. The van der Waals surface area contributed by atoms with E-state index in [9.17, 15) is 20.2 Å². The monoisotopic (exact) mass is 373 g/mol. The Morgan fingerprint density at radius 2 is 1.77 bits per heavy atom. The highest BCUT2D eigenvalue weighted by Gasteiger charge is 2.54. The van der Waals surface area contributed by atoms with Gasteiger partial charge in [-0.3, -0.25) is 0 Å². The van der Waals surface area contributed by atoms with Crippen LogP contribution in [0.15, 0.2) is 0 Å². The summed E-state index contributed by atoms with van der Waals surface area (Å²) in [6, 6.07) is 0. The van der Waals surface area contributed by atoms with Gasteiger partial charge in [0.1, 0.15) is 12.7 Å². The second-order valence-electron chi connectivity index (χ2n) is 8.76. The summed E-state index contributed by atoms with van der Waals surface area (Å²) in [6.07, 6.45) is 7.72. The van der Waals surface area contributed by atoms with Crippen LogP contribution in [0.3, 0.4) is 0 Å². The van der Waals surface area contributed by atoms with Crippen molar-refractivity contribution in [2.24, 2.45) is 22.0 Å². The molecule has 150 valence electrons. The van der Waals surface area contributed by atoms with Crippen LogP contribution >= 0.6 is 0 Å². The molecule has 0 heterocycles. The SMILES string of the molecule is CCC12CCCC(CC(CO[N+](=O)[O-])O[N+](=O)[O-])(CC(C)(CCN)C1)C2. The first-order chi connectivity index (χ1) is 12.2. The van der Waals surface area contributed by atoms with Crippen molar-refractivity contribution in [3.05, 3.63) is 20.2 Å². The highest BCUT2D eigenvalue weighted by Crippen LogP contribution is 2.64. The third-order valence-electron chi connectivity index (χ3n) is 6.53. The fourth-order valence-electron chi connectivity index (χ4n) is 6.06. The minimum atomic E-state index is -0.928. The zero-order valence-corrected chi connectivity index (χ0v) is 15.8. The molecule has 0 spiro atoms. The van der Waals surface area contributed by atoms with Crippen LogP contribution in [0.2, 0.25) is 0 Å². The van der Waals surface area contributed by atoms with Crippen molar-refractivity contribution < 1.29 is 19.8 Å². The van der Waals surface area contributed by atoms with Crippen molar-refractivity contribution >= 4 is 0 Å². The third-order valence-corrected chi connectivity index (χ3v) is 6.53. The number of nitrogens with two attached hydrogens (primary N) is 1. The van der Waals surface area contributed by atoms with E-state index in [1.807, 2.05) is 0 Å². The van der Waals surface area contributed by atoms with Crippen molar-refractivity contribution in [2.75, 3.05) is 13.2 Å². The lowest BCUT2D eigenvalue weighted by atomic mass is 9.46. The average Bonchev–Trinajstić information content (AvgIpc) is 2.51. The maximum absolute atomic E-state index is 10.9. The van der Waals surface area contributed by atoms with Gasteiger partial charge in [-0.2, -0.15) is 0 Å². The van der Waals surface area contributed by atoms with Gasteiger partial charge in [0.05, 0.1) is 0 Å². The van der Waals surface area contributed by atoms with Crippen LogP contribution in [-0.4, -0.2) is 29.4 Å². The van der Waals surface area contributed by atoms with E-state index >= 15 is 0 Å². The van der Waals surface area contributed by atoms with E-state index in [0.29, 0.717) is 13.0 Å². The lowest BCUT2D eigenvalue weighted by Crippen LogP contribution is -2.50. The largest absolute Gasteiger partial charge is 0.330 e. The molecule has 2 aliphatic rings. The molecule has 0 aromatic carbocycles. The Balaban J connectivity index is 2.23. The van der Waals surface area contributed by atoms with Gasteiger partial charge in [-0.25, -0.2) is 0 Å². The van der Waals surface area contributed by atoms with Crippen molar-refractivity contribution in [3.8, 4) is 0 Å². The van der Waals surface area contributed by atoms with Crippen LogP contribution in [0.5, 0.6) is 0 Å². The zero-order valence-electron chi connectivity index (χ0n) is 15.8. The summed E-state index contributed by atoms with van der Waals surface area (Å²) < 4.78 is 0. The Morgan fingerprint density at radius 1 is 1.12 bits per heavy atom. The number of fused-ring (bicyclic) bond motifs is 2. The molecule has 2 bridgehead atoms. The number of nitrogens with zero attached hydrogens (tertiary/aromatic N) is 2. The van der Waals surface area contributed by atoms with E-state index in [-0.39, 0.29) is 16.2 Å². The normalized spacial score (nSPS) is 34.7. The summed E-state index contributed by atoms with van der Waals surface area (Å²) in [5, 5.41) is 19.6. The molecule has 9 heteroatoms. The molecule has 0 aromatic rings. The first-order valence-corrected chi connectivity index (χ1v) is 9.44. The fourth-order valence-corrected chi connectivity index (χ4v) is 6.06. The Bertz CT molecular complexity index is 533. The van der Waals surface area contributed by atoms with Gasteiger partial charge >= 0.3 is 0 Å². The van der Waals surface area contributed by atoms with Gasteiger partial charge in [-0.1, -0.05) is 26.7 Å². The minimum Gasteiger partial charge on any atom is -0.330 e. The summed E-state index contributed by atoms with van der Waals surface area (Å²) >= 11 is 0. The smallest absolute Gasteiger partial charge is 0.294 e. The Hall–Kier alpha value is -1.64. The molecule has 4 unspecified atom stereocenters. The highest BCUT2D eigenvalue weighted by molar-refractivity contribution is 5.05. The van der Waals surface area contributed by atoms with E-state index < -0.39 is 22.9 Å².